The number of likely N-dealkylation sites (tertiary alicyclic amines) is 1. The van der Waals surface area contributed by atoms with Crippen molar-refractivity contribution in [3.05, 3.63) is 23.9 Å². The summed E-state index contributed by atoms with van der Waals surface area (Å²) in [5.74, 6) is 1.11. The number of carbonyl (C=O) groups excluding carboxylic acids is 1. The van der Waals surface area contributed by atoms with Gasteiger partial charge in [-0.25, -0.2) is 9.78 Å². The number of nitrogens with zero attached hydrogens (tertiary/aromatic N) is 2. The molecule has 1 aliphatic rings. The number of methoxy groups -OCH3 is 1. The average molecular weight is 292 g/mol. The molecule has 21 heavy (non-hydrogen) atoms. The Bertz CT molecular complexity index is 467. The molecule has 1 aromatic heterocycles. The Morgan fingerprint density at radius 2 is 2.38 bits per heavy atom. The van der Waals surface area contributed by atoms with E-state index in [0.29, 0.717) is 18.3 Å². The summed E-state index contributed by atoms with van der Waals surface area (Å²) in [7, 11) is 1.57. The van der Waals surface area contributed by atoms with E-state index in [0.717, 1.165) is 38.2 Å². The first-order valence-corrected chi connectivity index (χ1v) is 7.44. The van der Waals surface area contributed by atoms with Crippen molar-refractivity contribution in [2.45, 2.75) is 19.9 Å². The number of amides is 2. The van der Waals surface area contributed by atoms with E-state index in [9.17, 15) is 4.79 Å². The van der Waals surface area contributed by atoms with Crippen molar-refractivity contribution in [2.75, 3.05) is 33.3 Å². The minimum Gasteiger partial charge on any atom is -0.481 e. The van der Waals surface area contributed by atoms with Gasteiger partial charge in [0, 0.05) is 31.4 Å². The van der Waals surface area contributed by atoms with Crippen LogP contribution >= 0.6 is 0 Å². The number of rotatable bonds is 6. The fraction of sp³-hybridized carbons (Fsp3) is 0.600. The molecule has 0 bridgehead atoms. The average Bonchev–Trinajstić information content (AvgIpc) is 2.99. The first-order valence-electron chi connectivity index (χ1n) is 7.44. The van der Waals surface area contributed by atoms with E-state index in [-0.39, 0.29) is 6.03 Å². The van der Waals surface area contributed by atoms with Gasteiger partial charge < -0.3 is 20.3 Å². The van der Waals surface area contributed by atoms with Crippen molar-refractivity contribution in [3.8, 4) is 5.88 Å². The first kappa shape index (κ1) is 15.6. The van der Waals surface area contributed by atoms with E-state index in [2.05, 4.69) is 27.4 Å². The van der Waals surface area contributed by atoms with Crippen molar-refractivity contribution >= 4 is 6.03 Å². The lowest BCUT2D eigenvalue weighted by atomic mass is 10.1. The quantitative estimate of drug-likeness (QED) is 0.827. The molecule has 1 fully saturated rings. The second-order valence-electron chi connectivity index (χ2n) is 5.28. The number of ether oxygens (including phenoxy) is 1. The van der Waals surface area contributed by atoms with Gasteiger partial charge in [-0.05, 0) is 31.5 Å². The van der Waals surface area contributed by atoms with E-state index in [4.69, 9.17) is 4.74 Å². The van der Waals surface area contributed by atoms with Gasteiger partial charge in [0.25, 0.3) is 0 Å². The van der Waals surface area contributed by atoms with Gasteiger partial charge in [-0.1, -0.05) is 13.0 Å². The number of hydrogen-bond acceptors (Lipinski definition) is 4. The standard InChI is InChI=1S/C15H24N4O2/c1-3-19-8-6-12(11-19)9-17-15(20)18-10-13-5-4-7-16-14(13)21-2/h4-5,7,12H,3,6,8-11H2,1-2H3,(H2,17,18,20). The Labute approximate surface area is 125 Å². The van der Waals surface area contributed by atoms with Crippen molar-refractivity contribution < 1.29 is 9.53 Å². The fourth-order valence-corrected chi connectivity index (χ4v) is 2.58. The van der Waals surface area contributed by atoms with Crippen molar-refractivity contribution in [1.82, 2.24) is 20.5 Å². The van der Waals surface area contributed by atoms with Gasteiger partial charge in [-0.2, -0.15) is 0 Å². The highest BCUT2D eigenvalue weighted by Gasteiger charge is 2.21. The van der Waals surface area contributed by atoms with Gasteiger partial charge in [0.2, 0.25) is 5.88 Å². The SMILES string of the molecule is CCN1CCC(CNC(=O)NCc2cccnc2OC)C1. The molecular weight excluding hydrogens is 268 g/mol. The van der Waals surface area contributed by atoms with E-state index >= 15 is 0 Å². The van der Waals surface area contributed by atoms with Crippen molar-refractivity contribution in [2.24, 2.45) is 5.92 Å². The van der Waals surface area contributed by atoms with Crippen LogP contribution in [0, 0.1) is 5.92 Å². The van der Waals surface area contributed by atoms with Crippen molar-refractivity contribution in [3.63, 3.8) is 0 Å². The van der Waals surface area contributed by atoms with Crippen LogP contribution in [0.4, 0.5) is 4.79 Å². The zero-order valence-electron chi connectivity index (χ0n) is 12.8. The molecule has 0 radical (unpaired) electrons. The zero-order chi connectivity index (χ0) is 15.1. The maximum atomic E-state index is 11.8. The zero-order valence-corrected chi connectivity index (χ0v) is 12.8. The molecule has 116 valence electrons. The predicted octanol–water partition coefficient (Wildman–Crippen LogP) is 1.23. The number of nitrogens with one attached hydrogen (secondary N) is 2. The second-order valence-corrected chi connectivity index (χ2v) is 5.28. The highest BCUT2D eigenvalue weighted by molar-refractivity contribution is 5.73. The Kier molecular flexibility index (Phi) is 5.80. The third kappa shape index (κ3) is 4.60. The summed E-state index contributed by atoms with van der Waals surface area (Å²) >= 11 is 0. The minimum atomic E-state index is -0.143. The summed E-state index contributed by atoms with van der Waals surface area (Å²) in [4.78, 5) is 18.3. The van der Waals surface area contributed by atoms with Crippen LogP contribution in [0.2, 0.25) is 0 Å². The molecule has 1 aromatic rings. The lowest BCUT2D eigenvalue weighted by Gasteiger charge is -2.14. The van der Waals surface area contributed by atoms with E-state index in [1.54, 1.807) is 13.3 Å². The summed E-state index contributed by atoms with van der Waals surface area (Å²) in [6.45, 7) is 6.61. The molecular formula is C15H24N4O2. The summed E-state index contributed by atoms with van der Waals surface area (Å²) in [6.07, 6.45) is 2.83. The predicted molar refractivity (Wildman–Crippen MR) is 81.2 cm³/mol. The first-order chi connectivity index (χ1) is 10.2. The lowest BCUT2D eigenvalue weighted by Crippen LogP contribution is -2.38. The van der Waals surface area contributed by atoms with Crippen LogP contribution in [0.5, 0.6) is 5.88 Å². The number of carbonyl (C=O) groups is 1. The normalized spacial score (nSPS) is 18.5. The highest BCUT2D eigenvalue weighted by atomic mass is 16.5. The smallest absolute Gasteiger partial charge is 0.315 e. The number of hydrogen-bond donors (Lipinski definition) is 2. The number of urea groups is 1. The molecule has 6 nitrogen and oxygen atoms in total. The van der Waals surface area contributed by atoms with E-state index in [1.807, 2.05) is 12.1 Å². The minimum absolute atomic E-state index is 0.143. The van der Waals surface area contributed by atoms with Crippen LogP contribution in [0.3, 0.4) is 0 Å². The molecule has 2 N–H and O–H groups in total. The molecule has 6 heteroatoms. The van der Waals surface area contributed by atoms with Gasteiger partial charge in [-0.3, -0.25) is 0 Å². The maximum absolute atomic E-state index is 11.8. The highest BCUT2D eigenvalue weighted by Crippen LogP contribution is 2.15. The van der Waals surface area contributed by atoms with Crippen LogP contribution < -0.4 is 15.4 Å². The van der Waals surface area contributed by atoms with Crippen molar-refractivity contribution in [1.29, 1.82) is 0 Å². The van der Waals surface area contributed by atoms with Gasteiger partial charge in [0.05, 0.1) is 7.11 Å². The molecule has 1 unspecified atom stereocenters. The Hall–Kier alpha value is -1.82. The number of aromatic nitrogens is 1. The van der Waals surface area contributed by atoms with Gasteiger partial charge in [0.1, 0.15) is 0 Å². The Morgan fingerprint density at radius 1 is 1.52 bits per heavy atom. The monoisotopic (exact) mass is 292 g/mol. The summed E-state index contributed by atoms with van der Waals surface area (Å²) in [5.41, 5.74) is 0.869. The molecule has 2 amide bonds. The van der Waals surface area contributed by atoms with Crippen LogP contribution in [0.1, 0.15) is 18.9 Å². The second kappa shape index (κ2) is 7.83. The molecule has 0 aromatic carbocycles. The molecule has 1 saturated heterocycles. The summed E-state index contributed by atoms with van der Waals surface area (Å²) in [5, 5.41) is 5.78. The topological polar surface area (TPSA) is 66.5 Å². The maximum Gasteiger partial charge on any atom is 0.315 e. The third-order valence-corrected chi connectivity index (χ3v) is 3.85. The van der Waals surface area contributed by atoms with Gasteiger partial charge in [0.15, 0.2) is 0 Å². The third-order valence-electron chi connectivity index (χ3n) is 3.85. The molecule has 2 rings (SSSR count). The molecule has 0 saturated carbocycles. The number of pyridine rings is 1. The molecule has 1 aliphatic heterocycles. The van der Waals surface area contributed by atoms with Crippen LogP contribution in [-0.2, 0) is 6.54 Å². The van der Waals surface area contributed by atoms with Crippen LogP contribution in [0.15, 0.2) is 18.3 Å². The molecule has 2 heterocycles. The molecule has 0 aliphatic carbocycles. The Balaban J connectivity index is 1.70. The summed E-state index contributed by atoms with van der Waals surface area (Å²) < 4.78 is 5.15. The molecule has 0 spiro atoms. The fourth-order valence-electron chi connectivity index (χ4n) is 2.58. The summed E-state index contributed by atoms with van der Waals surface area (Å²) in [6, 6.07) is 3.58. The van der Waals surface area contributed by atoms with Gasteiger partial charge >= 0.3 is 6.03 Å². The van der Waals surface area contributed by atoms with E-state index < -0.39 is 0 Å². The van der Waals surface area contributed by atoms with Crippen LogP contribution in [-0.4, -0.2) is 49.2 Å². The van der Waals surface area contributed by atoms with Gasteiger partial charge in [-0.15, -0.1) is 0 Å². The van der Waals surface area contributed by atoms with E-state index in [1.165, 1.54) is 0 Å². The Morgan fingerprint density at radius 3 is 3.10 bits per heavy atom. The molecule has 1 atom stereocenters. The van der Waals surface area contributed by atoms with Crippen LogP contribution in [0.25, 0.3) is 0 Å². The lowest BCUT2D eigenvalue weighted by molar-refractivity contribution is 0.238. The largest absolute Gasteiger partial charge is 0.481 e.